The molecule has 1 spiro atoms. The molecule has 7 nitrogen and oxygen atoms in total. The molecule has 0 atom stereocenters. The number of pyridine rings is 1. The Labute approximate surface area is 164 Å². The summed E-state index contributed by atoms with van der Waals surface area (Å²) in [4.78, 5) is 17.3. The summed E-state index contributed by atoms with van der Waals surface area (Å²) in [6.45, 7) is 0. The van der Waals surface area contributed by atoms with Crippen LogP contribution in [0.1, 0.15) is 25.7 Å². The monoisotopic (exact) mass is 393 g/mol. The quantitative estimate of drug-likeness (QED) is 0.571. The largest absolute Gasteiger partial charge is 0.350 e. The normalized spacial score (nSPS) is 19.9. The van der Waals surface area contributed by atoms with Gasteiger partial charge in [0.2, 0.25) is 11.9 Å². The minimum atomic E-state index is -2.47. The third-order valence-corrected chi connectivity index (χ3v) is 6.01. The number of nitrogens with zero attached hydrogens (tertiary/aromatic N) is 6. The molecule has 9 heteroatoms. The molecule has 0 amide bonds. The molecular formula is C20H17F2N7. The summed E-state index contributed by atoms with van der Waals surface area (Å²) >= 11 is 0. The molecule has 0 radical (unpaired) electrons. The molecule has 2 saturated carbocycles. The van der Waals surface area contributed by atoms with E-state index < -0.39 is 5.92 Å². The fourth-order valence-corrected chi connectivity index (χ4v) is 4.82. The highest BCUT2D eigenvalue weighted by Crippen LogP contribution is 2.62. The molecule has 4 aromatic heterocycles. The van der Waals surface area contributed by atoms with Crippen molar-refractivity contribution < 1.29 is 8.78 Å². The molecule has 2 aliphatic rings. The van der Waals surface area contributed by atoms with Crippen LogP contribution in [-0.2, 0) is 0 Å². The van der Waals surface area contributed by atoms with Crippen molar-refractivity contribution in [2.45, 2.75) is 37.6 Å². The molecule has 0 aromatic carbocycles. The second kappa shape index (κ2) is 5.65. The maximum atomic E-state index is 13.2. The number of anilines is 1. The van der Waals surface area contributed by atoms with E-state index in [0.29, 0.717) is 11.6 Å². The topological polar surface area (TPSA) is 80.9 Å². The summed E-state index contributed by atoms with van der Waals surface area (Å²) in [5, 5.41) is 7.80. The Morgan fingerprint density at radius 2 is 1.86 bits per heavy atom. The van der Waals surface area contributed by atoms with Gasteiger partial charge in [0.25, 0.3) is 0 Å². The van der Waals surface area contributed by atoms with Gasteiger partial charge in [-0.3, -0.25) is 4.98 Å². The molecular weight excluding hydrogens is 376 g/mol. The summed E-state index contributed by atoms with van der Waals surface area (Å²) in [5.74, 6) is -1.96. The van der Waals surface area contributed by atoms with Crippen molar-refractivity contribution in [1.29, 1.82) is 0 Å². The van der Waals surface area contributed by atoms with Gasteiger partial charge in [0, 0.05) is 54.8 Å². The minimum absolute atomic E-state index is 0.0171. The lowest BCUT2D eigenvalue weighted by Crippen LogP contribution is -2.57. The summed E-state index contributed by atoms with van der Waals surface area (Å²) in [6.07, 6.45) is 10.2. The Morgan fingerprint density at radius 1 is 1.03 bits per heavy atom. The van der Waals surface area contributed by atoms with E-state index in [2.05, 4.69) is 30.4 Å². The van der Waals surface area contributed by atoms with Crippen LogP contribution >= 0.6 is 0 Å². The zero-order chi connectivity index (χ0) is 19.6. The van der Waals surface area contributed by atoms with E-state index in [4.69, 9.17) is 0 Å². The van der Waals surface area contributed by atoms with Crippen molar-refractivity contribution in [3.05, 3.63) is 43.1 Å². The zero-order valence-electron chi connectivity index (χ0n) is 15.4. The van der Waals surface area contributed by atoms with E-state index in [9.17, 15) is 8.78 Å². The van der Waals surface area contributed by atoms with Crippen LogP contribution in [0.15, 0.2) is 43.1 Å². The van der Waals surface area contributed by atoms with Gasteiger partial charge in [0.15, 0.2) is 5.65 Å². The molecule has 2 fully saturated rings. The van der Waals surface area contributed by atoms with E-state index in [-0.39, 0.29) is 24.3 Å². The van der Waals surface area contributed by atoms with Crippen molar-refractivity contribution >= 4 is 22.6 Å². The van der Waals surface area contributed by atoms with Crippen molar-refractivity contribution in [3.63, 3.8) is 0 Å². The SMILES string of the molecule is FC1(F)CC2(CC(Nc3ncc4c(-c5cnc6nccnc6c5)ccn4n3)C2)C1. The van der Waals surface area contributed by atoms with E-state index in [0.717, 1.165) is 35.0 Å². The number of hydrogen-bond acceptors (Lipinski definition) is 6. The molecule has 6 rings (SSSR count). The van der Waals surface area contributed by atoms with Crippen LogP contribution in [0.4, 0.5) is 14.7 Å². The lowest BCUT2D eigenvalue weighted by Gasteiger charge is -2.57. The second-order valence-electron chi connectivity index (χ2n) is 8.22. The zero-order valence-corrected chi connectivity index (χ0v) is 15.4. The van der Waals surface area contributed by atoms with Crippen LogP contribution in [0, 0.1) is 5.41 Å². The lowest BCUT2D eigenvalue weighted by atomic mass is 9.52. The number of aromatic nitrogens is 6. The maximum Gasteiger partial charge on any atom is 0.249 e. The molecule has 4 aromatic rings. The molecule has 0 aliphatic heterocycles. The molecule has 0 saturated heterocycles. The highest BCUT2D eigenvalue weighted by atomic mass is 19.3. The first-order valence-corrected chi connectivity index (χ1v) is 9.55. The van der Waals surface area contributed by atoms with Crippen LogP contribution in [-0.4, -0.2) is 41.5 Å². The Balaban J connectivity index is 1.23. The molecule has 0 unspecified atom stereocenters. The van der Waals surface area contributed by atoms with Gasteiger partial charge >= 0.3 is 0 Å². The molecule has 29 heavy (non-hydrogen) atoms. The fourth-order valence-electron chi connectivity index (χ4n) is 4.82. The summed E-state index contributed by atoms with van der Waals surface area (Å²) in [5.41, 5.74) is 3.88. The van der Waals surface area contributed by atoms with Gasteiger partial charge in [-0.25, -0.2) is 28.2 Å². The average molecular weight is 393 g/mol. The van der Waals surface area contributed by atoms with Gasteiger partial charge in [-0.05, 0) is 30.4 Å². The second-order valence-corrected chi connectivity index (χ2v) is 8.22. The summed E-state index contributed by atoms with van der Waals surface area (Å²) in [7, 11) is 0. The third-order valence-electron chi connectivity index (χ3n) is 6.01. The van der Waals surface area contributed by atoms with Crippen molar-refractivity contribution in [2.75, 3.05) is 5.32 Å². The van der Waals surface area contributed by atoms with Gasteiger partial charge in [0.1, 0.15) is 5.52 Å². The third kappa shape index (κ3) is 2.72. The van der Waals surface area contributed by atoms with Crippen LogP contribution in [0.2, 0.25) is 0 Å². The number of halogens is 2. The molecule has 1 N–H and O–H groups in total. The Hall–Kier alpha value is -3.23. The smallest absolute Gasteiger partial charge is 0.249 e. The first-order chi connectivity index (χ1) is 14.0. The fraction of sp³-hybridized carbons (Fsp3) is 0.350. The first kappa shape index (κ1) is 16.7. The average Bonchev–Trinajstić information content (AvgIpc) is 3.08. The summed E-state index contributed by atoms with van der Waals surface area (Å²) < 4.78 is 28.1. The van der Waals surface area contributed by atoms with Crippen LogP contribution < -0.4 is 5.32 Å². The molecule has 4 heterocycles. The molecule has 0 bridgehead atoms. The molecule has 2 aliphatic carbocycles. The lowest BCUT2D eigenvalue weighted by molar-refractivity contribution is -0.193. The minimum Gasteiger partial charge on any atom is -0.350 e. The van der Waals surface area contributed by atoms with Crippen molar-refractivity contribution in [2.24, 2.45) is 5.41 Å². The van der Waals surface area contributed by atoms with E-state index >= 15 is 0 Å². The number of hydrogen-bond donors (Lipinski definition) is 1. The number of nitrogens with one attached hydrogen (secondary N) is 1. The first-order valence-electron chi connectivity index (χ1n) is 9.55. The predicted octanol–water partition coefficient (Wildman–Crippen LogP) is 3.72. The van der Waals surface area contributed by atoms with Crippen molar-refractivity contribution in [1.82, 2.24) is 29.5 Å². The molecule has 146 valence electrons. The highest BCUT2D eigenvalue weighted by molar-refractivity contribution is 5.84. The van der Waals surface area contributed by atoms with Crippen LogP contribution in [0.25, 0.3) is 27.8 Å². The van der Waals surface area contributed by atoms with Gasteiger partial charge in [-0.15, -0.1) is 5.10 Å². The van der Waals surface area contributed by atoms with Crippen LogP contribution in [0.5, 0.6) is 0 Å². The van der Waals surface area contributed by atoms with Gasteiger partial charge in [0.05, 0.1) is 11.7 Å². The van der Waals surface area contributed by atoms with Gasteiger partial charge < -0.3 is 5.32 Å². The Kier molecular flexibility index (Phi) is 3.25. The van der Waals surface area contributed by atoms with E-state index in [1.807, 2.05) is 18.3 Å². The Morgan fingerprint density at radius 3 is 2.69 bits per heavy atom. The standard InChI is InChI=1S/C20H17F2N7/c21-20(22)10-19(11-20)6-13(7-19)27-18-26-9-16-14(1-4-29(16)28-18)12-5-15-17(25-8-12)24-3-2-23-15/h1-5,8-9,13H,6-7,10-11H2,(H,27,28). The maximum absolute atomic E-state index is 13.2. The van der Waals surface area contributed by atoms with E-state index in [1.54, 1.807) is 29.3 Å². The van der Waals surface area contributed by atoms with Gasteiger partial charge in [-0.1, -0.05) is 0 Å². The number of alkyl halides is 2. The predicted molar refractivity (Wildman–Crippen MR) is 103 cm³/mol. The summed E-state index contributed by atoms with van der Waals surface area (Å²) in [6, 6.07) is 4.06. The van der Waals surface area contributed by atoms with Crippen LogP contribution in [0.3, 0.4) is 0 Å². The highest BCUT2D eigenvalue weighted by Gasteiger charge is 2.61. The number of rotatable bonds is 3. The van der Waals surface area contributed by atoms with Gasteiger partial charge in [-0.2, -0.15) is 0 Å². The van der Waals surface area contributed by atoms with Crippen molar-refractivity contribution in [3.8, 4) is 11.1 Å². The van der Waals surface area contributed by atoms with E-state index in [1.165, 1.54) is 0 Å². The Bertz CT molecular complexity index is 1240. The number of fused-ring (bicyclic) bond motifs is 2.